The van der Waals surface area contributed by atoms with Crippen LogP contribution in [0.25, 0.3) is 22.4 Å². The largest absolute Gasteiger partial charge is 0.403 e. The van der Waals surface area contributed by atoms with Gasteiger partial charge in [-0.05, 0) is 25.1 Å². The number of nitro benzene ring substituents is 1. The highest BCUT2D eigenvalue weighted by Crippen LogP contribution is 2.25. The van der Waals surface area contributed by atoms with E-state index in [0.717, 1.165) is 0 Å². The minimum Gasteiger partial charge on any atom is -0.403 e. The lowest BCUT2D eigenvalue weighted by Gasteiger charge is -2.03. The van der Waals surface area contributed by atoms with E-state index in [1.54, 1.807) is 43.3 Å². The topological polar surface area (TPSA) is 86.2 Å². The molecule has 0 aliphatic heterocycles. The molecular formula is C15H10N2O4. The van der Waals surface area contributed by atoms with E-state index >= 15 is 0 Å². The molecule has 0 saturated carbocycles. The van der Waals surface area contributed by atoms with Crippen LogP contribution in [0.15, 0.2) is 51.7 Å². The zero-order valence-electron chi connectivity index (χ0n) is 11.1. The van der Waals surface area contributed by atoms with Crippen molar-refractivity contribution in [2.45, 2.75) is 6.92 Å². The van der Waals surface area contributed by atoms with Gasteiger partial charge < -0.3 is 4.42 Å². The molecule has 2 aromatic carbocycles. The Kier molecular flexibility index (Phi) is 2.98. The molecule has 0 atom stereocenters. The first-order valence-electron chi connectivity index (χ1n) is 6.21. The smallest absolute Gasteiger partial charge is 0.347 e. The van der Waals surface area contributed by atoms with Gasteiger partial charge in [-0.25, -0.2) is 9.78 Å². The van der Waals surface area contributed by atoms with Crippen LogP contribution in [0.4, 0.5) is 5.69 Å². The number of nitro groups is 1. The summed E-state index contributed by atoms with van der Waals surface area (Å²) in [5.74, 6) is 0.0711. The zero-order valence-corrected chi connectivity index (χ0v) is 11.1. The number of hydrogen-bond donors (Lipinski definition) is 0. The van der Waals surface area contributed by atoms with E-state index in [0.29, 0.717) is 22.0 Å². The van der Waals surface area contributed by atoms with Gasteiger partial charge in [0.2, 0.25) is 5.89 Å². The average molecular weight is 282 g/mol. The highest BCUT2D eigenvalue weighted by molar-refractivity contribution is 5.78. The quantitative estimate of drug-likeness (QED) is 0.532. The van der Waals surface area contributed by atoms with Gasteiger partial charge in [-0.3, -0.25) is 10.1 Å². The fourth-order valence-electron chi connectivity index (χ4n) is 2.08. The lowest BCUT2D eigenvalue weighted by molar-refractivity contribution is -0.385. The van der Waals surface area contributed by atoms with Gasteiger partial charge in [0.1, 0.15) is 0 Å². The van der Waals surface area contributed by atoms with Crippen molar-refractivity contribution in [2.24, 2.45) is 0 Å². The van der Waals surface area contributed by atoms with Crippen molar-refractivity contribution < 1.29 is 9.34 Å². The lowest BCUT2D eigenvalue weighted by Crippen LogP contribution is -2.03. The van der Waals surface area contributed by atoms with Crippen LogP contribution in [-0.2, 0) is 0 Å². The first-order valence-corrected chi connectivity index (χ1v) is 6.21. The molecule has 0 unspecified atom stereocenters. The number of nitrogens with zero attached hydrogens (tertiary/aromatic N) is 2. The van der Waals surface area contributed by atoms with Crippen molar-refractivity contribution >= 4 is 16.6 Å². The van der Waals surface area contributed by atoms with E-state index in [9.17, 15) is 14.9 Å². The van der Waals surface area contributed by atoms with Crippen LogP contribution >= 0.6 is 0 Å². The maximum absolute atomic E-state index is 11.9. The van der Waals surface area contributed by atoms with Crippen molar-refractivity contribution in [2.75, 3.05) is 0 Å². The van der Waals surface area contributed by atoms with Gasteiger partial charge in [0, 0.05) is 17.2 Å². The van der Waals surface area contributed by atoms with E-state index in [1.165, 1.54) is 6.07 Å². The van der Waals surface area contributed by atoms with Gasteiger partial charge in [0.25, 0.3) is 5.69 Å². The maximum Gasteiger partial charge on any atom is 0.347 e. The number of hydrogen-bond acceptors (Lipinski definition) is 5. The lowest BCUT2D eigenvalue weighted by atomic mass is 10.1. The average Bonchev–Trinajstić information content (AvgIpc) is 2.47. The van der Waals surface area contributed by atoms with E-state index in [1.807, 2.05) is 0 Å². The molecular weight excluding hydrogens is 272 g/mol. The summed E-state index contributed by atoms with van der Waals surface area (Å²) in [6.45, 7) is 1.64. The van der Waals surface area contributed by atoms with Gasteiger partial charge in [-0.15, -0.1) is 0 Å². The molecule has 0 aliphatic carbocycles. The molecule has 0 saturated heterocycles. The van der Waals surface area contributed by atoms with Crippen LogP contribution in [0.5, 0.6) is 0 Å². The Bertz CT molecular complexity index is 915. The Morgan fingerprint density at radius 1 is 1.19 bits per heavy atom. The predicted octanol–water partition coefficient (Wildman–Crippen LogP) is 3.07. The van der Waals surface area contributed by atoms with Crippen LogP contribution in [-0.4, -0.2) is 9.91 Å². The second kappa shape index (κ2) is 4.82. The molecule has 0 N–H and O–H groups in total. The molecule has 0 aliphatic rings. The normalized spacial score (nSPS) is 10.7. The van der Waals surface area contributed by atoms with E-state index in [2.05, 4.69) is 4.98 Å². The summed E-state index contributed by atoms with van der Waals surface area (Å²) in [6, 6.07) is 11.4. The number of para-hydroxylation sites is 1. The Morgan fingerprint density at radius 3 is 2.71 bits per heavy atom. The van der Waals surface area contributed by atoms with Gasteiger partial charge in [-0.1, -0.05) is 18.2 Å². The third kappa shape index (κ3) is 2.27. The molecule has 0 radical (unpaired) electrons. The summed E-state index contributed by atoms with van der Waals surface area (Å²) in [5.41, 5.74) is 0.873. The van der Waals surface area contributed by atoms with Crippen LogP contribution in [0.2, 0.25) is 0 Å². The molecule has 1 aromatic heterocycles. The number of rotatable bonds is 2. The minimum atomic E-state index is -0.515. The summed E-state index contributed by atoms with van der Waals surface area (Å²) in [4.78, 5) is 26.7. The number of aryl methyl sites for hydroxylation is 1. The fraction of sp³-hybridized carbons (Fsp3) is 0.0667. The Hall–Kier alpha value is -3.02. The predicted molar refractivity (Wildman–Crippen MR) is 77.1 cm³/mol. The standard InChI is InChI=1S/C15H10N2O4/c1-9-6-7-10(8-13(9)17(19)20)14-16-12-5-3-2-4-11(12)15(18)21-14/h2-8H,1H3. The molecule has 6 nitrogen and oxygen atoms in total. The Morgan fingerprint density at radius 2 is 1.95 bits per heavy atom. The second-order valence-corrected chi connectivity index (χ2v) is 4.58. The van der Waals surface area contributed by atoms with Crippen molar-refractivity contribution in [1.82, 2.24) is 4.98 Å². The Balaban J connectivity index is 2.23. The summed E-state index contributed by atoms with van der Waals surface area (Å²) in [6.07, 6.45) is 0. The molecule has 3 aromatic rings. The van der Waals surface area contributed by atoms with Crippen molar-refractivity contribution in [3.63, 3.8) is 0 Å². The molecule has 0 amide bonds. The van der Waals surface area contributed by atoms with Crippen molar-refractivity contribution in [3.05, 3.63) is 68.6 Å². The minimum absolute atomic E-state index is 0.0369. The second-order valence-electron chi connectivity index (χ2n) is 4.58. The van der Waals surface area contributed by atoms with Crippen LogP contribution in [0.3, 0.4) is 0 Å². The SMILES string of the molecule is Cc1ccc(-c2nc3ccccc3c(=O)o2)cc1[N+](=O)[O-]. The number of aromatic nitrogens is 1. The molecule has 6 heteroatoms. The number of benzene rings is 2. The third-order valence-electron chi connectivity index (χ3n) is 3.19. The van der Waals surface area contributed by atoms with Crippen molar-refractivity contribution in [3.8, 4) is 11.5 Å². The molecule has 0 fully saturated rings. The molecule has 104 valence electrons. The molecule has 3 rings (SSSR count). The highest BCUT2D eigenvalue weighted by atomic mass is 16.6. The zero-order chi connectivity index (χ0) is 15.0. The van der Waals surface area contributed by atoms with Crippen LogP contribution in [0.1, 0.15) is 5.56 Å². The molecule has 1 heterocycles. The van der Waals surface area contributed by atoms with Crippen LogP contribution < -0.4 is 5.63 Å². The molecule has 0 bridgehead atoms. The molecule has 21 heavy (non-hydrogen) atoms. The summed E-state index contributed by atoms with van der Waals surface area (Å²) < 4.78 is 5.16. The number of fused-ring (bicyclic) bond motifs is 1. The summed E-state index contributed by atoms with van der Waals surface area (Å²) >= 11 is 0. The first kappa shape index (κ1) is 13.0. The Labute approximate surface area is 118 Å². The van der Waals surface area contributed by atoms with E-state index < -0.39 is 10.5 Å². The van der Waals surface area contributed by atoms with Crippen LogP contribution in [0, 0.1) is 17.0 Å². The van der Waals surface area contributed by atoms with E-state index in [4.69, 9.17) is 4.42 Å². The molecule has 0 spiro atoms. The fourth-order valence-corrected chi connectivity index (χ4v) is 2.08. The third-order valence-corrected chi connectivity index (χ3v) is 3.19. The first-order chi connectivity index (χ1) is 10.1. The van der Waals surface area contributed by atoms with Gasteiger partial charge in [-0.2, -0.15) is 0 Å². The monoisotopic (exact) mass is 282 g/mol. The van der Waals surface area contributed by atoms with Gasteiger partial charge in [0.15, 0.2) is 0 Å². The van der Waals surface area contributed by atoms with E-state index in [-0.39, 0.29) is 11.6 Å². The summed E-state index contributed by atoms with van der Waals surface area (Å²) in [5, 5.41) is 11.4. The highest BCUT2D eigenvalue weighted by Gasteiger charge is 2.15. The van der Waals surface area contributed by atoms with Crippen molar-refractivity contribution in [1.29, 1.82) is 0 Å². The maximum atomic E-state index is 11.9. The summed E-state index contributed by atoms with van der Waals surface area (Å²) in [7, 11) is 0. The van der Waals surface area contributed by atoms with Gasteiger partial charge in [0.05, 0.1) is 15.8 Å². The van der Waals surface area contributed by atoms with Gasteiger partial charge >= 0.3 is 5.63 Å².